The maximum atomic E-state index is 12.0. The van der Waals surface area contributed by atoms with E-state index in [1.165, 1.54) is 16.7 Å². The van der Waals surface area contributed by atoms with Crippen LogP contribution in [0.25, 0.3) is 10.8 Å². The lowest BCUT2D eigenvalue weighted by Gasteiger charge is -2.10. The third-order valence-corrected chi connectivity index (χ3v) is 4.64. The van der Waals surface area contributed by atoms with Crippen LogP contribution in [0.4, 0.5) is 0 Å². The molecule has 3 aromatic rings. The number of hydrogen-bond acceptors (Lipinski definition) is 2. The number of benzene rings is 3. The Balaban J connectivity index is 1.43. The summed E-state index contributed by atoms with van der Waals surface area (Å²) >= 11 is 0. The van der Waals surface area contributed by atoms with E-state index < -0.39 is 0 Å². The van der Waals surface area contributed by atoms with E-state index in [2.05, 4.69) is 49.5 Å². The van der Waals surface area contributed by atoms with Gasteiger partial charge in [-0.3, -0.25) is 4.79 Å². The fraction of sp³-hybridized carbons (Fsp3) is 0.261. The molecule has 0 heterocycles. The van der Waals surface area contributed by atoms with E-state index >= 15 is 0 Å². The van der Waals surface area contributed by atoms with Gasteiger partial charge in [-0.1, -0.05) is 54.6 Å². The van der Waals surface area contributed by atoms with Crippen LogP contribution in [0.2, 0.25) is 0 Å². The van der Waals surface area contributed by atoms with Crippen LogP contribution in [0, 0.1) is 13.8 Å². The summed E-state index contributed by atoms with van der Waals surface area (Å²) in [6.45, 7) is 5.17. The smallest absolute Gasteiger partial charge is 0.220 e. The summed E-state index contributed by atoms with van der Waals surface area (Å²) in [5.41, 5.74) is 3.76. The molecule has 0 radical (unpaired) electrons. The third-order valence-electron chi connectivity index (χ3n) is 4.64. The minimum absolute atomic E-state index is 0.0600. The number of fused-ring (bicyclic) bond motifs is 1. The molecule has 0 aliphatic carbocycles. The average molecular weight is 347 g/mol. The molecular formula is C23H25NO2. The number of rotatable bonds is 7. The van der Waals surface area contributed by atoms with E-state index in [4.69, 9.17) is 4.74 Å². The first-order valence-electron chi connectivity index (χ1n) is 9.07. The van der Waals surface area contributed by atoms with Gasteiger partial charge in [-0.25, -0.2) is 0 Å². The normalized spacial score (nSPS) is 10.7. The minimum Gasteiger partial charge on any atom is -0.491 e. The highest BCUT2D eigenvalue weighted by Crippen LogP contribution is 2.24. The van der Waals surface area contributed by atoms with Gasteiger partial charge in [0.15, 0.2) is 0 Å². The predicted molar refractivity (Wildman–Crippen MR) is 107 cm³/mol. The summed E-state index contributed by atoms with van der Waals surface area (Å²) in [6, 6.07) is 20.5. The maximum Gasteiger partial charge on any atom is 0.220 e. The summed E-state index contributed by atoms with van der Waals surface area (Å²) in [5.74, 6) is 0.914. The molecule has 0 atom stereocenters. The van der Waals surface area contributed by atoms with Crippen LogP contribution in [0.1, 0.15) is 23.1 Å². The van der Waals surface area contributed by atoms with Crippen molar-refractivity contribution in [2.75, 3.05) is 13.2 Å². The van der Waals surface area contributed by atoms with Gasteiger partial charge in [-0.2, -0.15) is 0 Å². The molecule has 0 spiro atoms. The Morgan fingerprint density at radius 3 is 2.62 bits per heavy atom. The monoisotopic (exact) mass is 347 g/mol. The van der Waals surface area contributed by atoms with Crippen molar-refractivity contribution in [3.8, 4) is 5.75 Å². The summed E-state index contributed by atoms with van der Waals surface area (Å²) in [7, 11) is 0. The summed E-state index contributed by atoms with van der Waals surface area (Å²) in [5, 5.41) is 5.18. The molecule has 0 saturated carbocycles. The Labute approximate surface area is 155 Å². The lowest BCUT2D eigenvalue weighted by molar-refractivity contribution is -0.121. The second-order valence-corrected chi connectivity index (χ2v) is 6.59. The Hall–Kier alpha value is -2.81. The maximum absolute atomic E-state index is 12.0. The van der Waals surface area contributed by atoms with E-state index in [1.54, 1.807) is 0 Å². The number of nitrogens with one attached hydrogen (secondary N) is 1. The fourth-order valence-corrected chi connectivity index (χ4v) is 2.98. The van der Waals surface area contributed by atoms with Gasteiger partial charge >= 0.3 is 0 Å². The first kappa shape index (κ1) is 18.0. The molecule has 26 heavy (non-hydrogen) atoms. The summed E-state index contributed by atoms with van der Waals surface area (Å²) in [4.78, 5) is 12.0. The Morgan fingerprint density at radius 1 is 0.962 bits per heavy atom. The van der Waals surface area contributed by atoms with Crippen molar-refractivity contribution in [3.63, 3.8) is 0 Å². The summed E-state index contributed by atoms with van der Waals surface area (Å²) in [6.07, 6.45) is 1.26. The van der Waals surface area contributed by atoms with Gasteiger partial charge in [-0.15, -0.1) is 0 Å². The van der Waals surface area contributed by atoms with Gasteiger partial charge in [0.2, 0.25) is 5.91 Å². The van der Waals surface area contributed by atoms with Crippen molar-refractivity contribution in [2.45, 2.75) is 26.7 Å². The molecule has 0 bridgehead atoms. The molecule has 0 fully saturated rings. The second-order valence-electron chi connectivity index (χ2n) is 6.59. The highest BCUT2D eigenvalue weighted by molar-refractivity contribution is 5.88. The first-order chi connectivity index (χ1) is 12.6. The molecule has 1 amide bonds. The Kier molecular flexibility index (Phi) is 5.90. The van der Waals surface area contributed by atoms with Crippen LogP contribution in [0.5, 0.6) is 5.75 Å². The van der Waals surface area contributed by atoms with E-state index in [1.807, 2.05) is 30.3 Å². The van der Waals surface area contributed by atoms with Gasteiger partial charge in [0.05, 0.1) is 6.54 Å². The topological polar surface area (TPSA) is 38.3 Å². The zero-order valence-corrected chi connectivity index (χ0v) is 15.4. The first-order valence-corrected chi connectivity index (χ1v) is 9.07. The zero-order chi connectivity index (χ0) is 18.4. The summed E-state index contributed by atoms with van der Waals surface area (Å²) < 4.78 is 5.85. The van der Waals surface area contributed by atoms with Crippen LogP contribution in [0.3, 0.4) is 0 Å². The van der Waals surface area contributed by atoms with Crippen LogP contribution in [0.15, 0.2) is 60.7 Å². The van der Waals surface area contributed by atoms with Gasteiger partial charge in [0.25, 0.3) is 0 Å². The molecule has 3 aromatic carbocycles. The largest absolute Gasteiger partial charge is 0.491 e. The van der Waals surface area contributed by atoms with Gasteiger partial charge in [0.1, 0.15) is 12.4 Å². The third kappa shape index (κ3) is 4.63. The molecule has 3 rings (SSSR count). The van der Waals surface area contributed by atoms with Crippen LogP contribution in [-0.4, -0.2) is 19.1 Å². The van der Waals surface area contributed by atoms with Crippen molar-refractivity contribution in [3.05, 3.63) is 77.4 Å². The van der Waals surface area contributed by atoms with Crippen molar-refractivity contribution in [1.29, 1.82) is 0 Å². The molecule has 0 aliphatic heterocycles. The quantitative estimate of drug-likeness (QED) is 0.635. The molecule has 0 saturated heterocycles. The van der Waals surface area contributed by atoms with Crippen molar-refractivity contribution < 1.29 is 9.53 Å². The van der Waals surface area contributed by atoms with E-state index in [0.29, 0.717) is 19.6 Å². The SMILES string of the molecule is Cc1ccc(CCC(=O)NCCOc2cccc3ccccc23)cc1C. The highest BCUT2D eigenvalue weighted by atomic mass is 16.5. The highest BCUT2D eigenvalue weighted by Gasteiger charge is 2.04. The Morgan fingerprint density at radius 2 is 1.77 bits per heavy atom. The number of carbonyl (C=O) groups excluding carboxylic acids is 1. The molecular weight excluding hydrogens is 322 g/mol. The van der Waals surface area contributed by atoms with E-state index in [9.17, 15) is 4.79 Å². The molecule has 1 N–H and O–H groups in total. The molecule has 3 nitrogen and oxygen atoms in total. The van der Waals surface area contributed by atoms with Crippen LogP contribution < -0.4 is 10.1 Å². The lowest BCUT2D eigenvalue weighted by atomic mass is 10.0. The minimum atomic E-state index is 0.0600. The molecule has 134 valence electrons. The Bertz CT molecular complexity index is 896. The fourth-order valence-electron chi connectivity index (χ4n) is 2.98. The number of hydrogen-bond donors (Lipinski definition) is 1. The van der Waals surface area contributed by atoms with Crippen molar-refractivity contribution >= 4 is 16.7 Å². The van der Waals surface area contributed by atoms with Gasteiger partial charge < -0.3 is 10.1 Å². The van der Waals surface area contributed by atoms with Crippen LogP contribution in [-0.2, 0) is 11.2 Å². The average Bonchev–Trinajstić information content (AvgIpc) is 2.66. The van der Waals surface area contributed by atoms with Crippen LogP contribution >= 0.6 is 0 Å². The lowest BCUT2D eigenvalue weighted by Crippen LogP contribution is -2.28. The number of aryl methyl sites for hydroxylation is 3. The standard InChI is InChI=1S/C23H25NO2/c1-17-10-11-19(16-18(17)2)12-13-23(25)24-14-15-26-22-9-5-7-20-6-3-4-8-21(20)22/h3-11,16H,12-15H2,1-2H3,(H,24,25). The zero-order valence-electron chi connectivity index (χ0n) is 15.4. The number of carbonyl (C=O) groups is 1. The van der Waals surface area contributed by atoms with Gasteiger partial charge in [-0.05, 0) is 48.4 Å². The number of amides is 1. The predicted octanol–water partition coefficient (Wildman–Crippen LogP) is 4.58. The second kappa shape index (κ2) is 8.52. The molecule has 0 unspecified atom stereocenters. The molecule has 0 aliphatic rings. The number of ether oxygens (including phenoxy) is 1. The van der Waals surface area contributed by atoms with Crippen molar-refractivity contribution in [1.82, 2.24) is 5.32 Å². The van der Waals surface area contributed by atoms with Gasteiger partial charge in [0, 0.05) is 11.8 Å². The molecule has 0 aromatic heterocycles. The van der Waals surface area contributed by atoms with E-state index in [-0.39, 0.29) is 5.91 Å². The molecule has 3 heteroatoms. The van der Waals surface area contributed by atoms with E-state index in [0.717, 1.165) is 22.9 Å². The van der Waals surface area contributed by atoms with Crippen molar-refractivity contribution in [2.24, 2.45) is 0 Å².